The van der Waals surface area contributed by atoms with Crippen LogP contribution in [0, 0.1) is 17.1 Å². The van der Waals surface area contributed by atoms with E-state index in [1.54, 1.807) is 12.3 Å². The monoisotopic (exact) mass is 259 g/mol. The second-order valence-electron chi connectivity index (χ2n) is 3.71. The van der Waals surface area contributed by atoms with Crippen molar-refractivity contribution in [3.63, 3.8) is 0 Å². The third-order valence-corrected chi connectivity index (χ3v) is 3.71. The maximum atomic E-state index is 13.2. The third-order valence-electron chi connectivity index (χ3n) is 2.59. The summed E-state index contributed by atoms with van der Waals surface area (Å²) in [6, 6.07) is 6.22. The Kier molecular flexibility index (Phi) is 2.35. The smallest absolute Gasteiger partial charge is 0.268 e. The van der Waals surface area contributed by atoms with E-state index in [4.69, 9.17) is 5.26 Å². The first kappa shape index (κ1) is 10.9. The summed E-state index contributed by atoms with van der Waals surface area (Å²) in [4.78, 5) is 15.6. The molecule has 3 rings (SSSR count). The molecule has 0 saturated carbocycles. The largest absolute Gasteiger partial charge is 0.352 e. The van der Waals surface area contributed by atoms with Crippen LogP contribution in [0.2, 0.25) is 0 Å². The summed E-state index contributed by atoms with van der Waals surface area (Å²) >= 11 is 1.38. The standard InChI is InChI=1S/C12H6FN3OS/c13-6-1-2-9-8(3-6)16-11-7(4-14)12(17)15-5-10(11)18-9/h1-3,5,16H,(H,15,17). The highest BCUT2D eigenvalue weighted by atomic mass is 32.2. The minimum atomic E-state index is -0.454. The average Bonchev–Trinajstić information content (AvgIpc) is 2.36. The number of rotatable bonds is 0. The highest BCUT2D eigenvalue weighted by Gasteiger charge is 2.20. The zero-order valence-electron chi connectivity index (χ0n) is 8.95. The Hall–Kier alpha value is -2.26. The molecule has 0 atom stereocenters. The molecule has 0 aliphatic carbocycles. The summed E-state index contributed by atoms with van der Waals surface area (Å²) in [6.07, 6.45) is 1.54. The second-order valence-corrected chi connectivity index (χ2v) is 4.80. The van der Waals surface area contributed by atoms with E-state index >= 15 is 0 Å². The number of fused-ring (bicyclic) bond motifs is 2. The Balaban J connectivity index is 2.21. The van der Waals surface area contributed by atoms with Crippen molar-refractivity contribution in [1.82, 2.24) is 4.98 Å². The lowest BCUT2D eigenvalue weighted by Gasteiger charge is -2.20. The fourth-order valence-electron chi connectivity index (χ4n) is 1.77. The lowest BCUT2D eigenvalue weighted by molar-refractivity contribution is 0.627. The molecular formula is C12H6FN3OS. The molecule has 0 fully saturated rings. The van der Waals surface area contributed by atoms with E-state index in [0.29, 0.717) is 11.4 Å². The molecule has 0 unspecified atom stereocenters. The zero-order chi connectivity index (χ0) is 12.7. The van der Waals surface area contributed by atoms with Gasteiger partial charge < -0.3 is 10.3 Å². The van der Waals surface area contributed by atoms with Crippen molar-refractivity contribution < 1.29 is 4.39 Å². The molecule has 1 aliphatic heterocycles. The normalized spacial score (nSPS) is 12.0. The molecule has 0 bridgehead atoms. The molecule has 1 aromatic heterocycles. The molecule has 0 amide bonds. The first-order valence-electron chi connectivity index (χ1n) is 5.09. The number of hydrogen-bond donors (Lipinski definition) is 2. The molecule has 6 heteroatoms. The van der Waals surface area contributed by atoms with E-state index in [1.165, 1.54) is 23.9 Å². The quantitative estimate of drug-likeness (QED) is 0.651. The summed E-state index contributed by atoms with van der Waals surface area (Å²) < 4.78 is 13.2. The molecule has 2 N–H and O–H groups in total. The minimum Gasteiger partial charge on any atom is -0.352 e. The summed E-state index contributed by atoms with van der Waals surface area (Å²) in [6.45, 7) is 0. The van der Waals surface area contributed by atoms with Crippen LogP contribution < -0.4 is 10.9 Å². The van der Waals surface area contributed by atoms with Gasteiger partial charge in [0.1, 0.15) is 17.4 Å². The Labute approximate surface area is 105 Å². The number of hydrogen-bond acceptors (Lipinski definition) is 4. The summed E-state index contributed by atoms with van der Waals surface area (Å²) in [5, 5.41) is 11.9. The van der Waals surface area contributed by atoms with Crippen LogP contribution in [0.1, 0.15) is 5.56 Å². The van der Waals surface area contributed by atoms with Gasteiger partial charge >= 0.3 is 0 Å². The first-order chi connectivity index (χ1) is 8.69. The summed E-state index contributed by atoms with van der Waals surface area (Å²) in [5.41, 5.74) is 0.554. The SMILES string of the molecule is N#Cc1c2c(c[nH]c1=O)Sc1ccc(F)cc1N2. The van der Waals surface area contributed by atoms with Crippen molar-refractivity contribution in [2.45, 2.75) is 9.79 Å². The molecule has 4 nitrogen and oxygen atoms in total. The third kappa shape index (κ3) is 1.57. The topological polar surface area (TPSA) is 68.7 Å². The molecule has 0 spiro atoms. The van der Waals surface area contributed by atoms with Crippen molar-refractivity contribution in [2.75, 3.05) is 5.32 Å². The Morgan fingerprint density at radius 2 is 2.17 bits per heavy atom. The molecule has 18 heavy (non-hydrogen) atoms. The first-order valence-corrected chi connectivity index (χ1v) is 5.91. The van der Waals surface area contributed by atoms with Gasteiger partial charge in [0.15, 0.2) is 0 Å². The number of pyridine rings is 1. The molecule has 88 valence electrons. The number of nitriles is 1. The number of nitrogens with one attached hydrogen (secondary N) is 2. The van der Waals surface area contributed by atoms with Gasteiger partial charge in [-0.05, 0) is 18.2 Å². The number of aromatic amines is 1. The summed E-state index contributed by atoms with van der Waals surface area (Å²) in [5.74, 6) is -0.367. The van der Waals surface area contributed by atoms with Gasteiger partial charge in [0.2, 0.25) is 0 Å². The van der Waals surface area contributed by atoms with Gasteiger partial charge in [-0.2, -0.15) is 5.26 Å². The van der Waals surface area contributed by atoms with E-state index in [1.807, 2.05) is 6.07 Å². The lowest BCUT2D eigenvalue weighted by atomic mass is 10.2. The average molecular weight is 259 g/mol. The van der Waals surface area contributed by atoms with E-state index in [-0.39, 0.29) is 11.4 Å². The predicted octanol–water partition coefficient (Wildman–Crippen LogP) is 2.59. The lowest BCUT2D eigenvalue weighted by Crippen LogP contribution is -2.14. The predicted molar refractivity (Wildman–Crippen MR) is 65.6 cm³/mol. The number of nitrogens with zero attached hydrogens (tertiary/aromatic N) is 1. The van der Waals surface area contributed by atoms with Crippen LogP contribution in [-0.4, -0.2) is 4.98 Å². The molecular weight excluding hydrogens is 253 g/mol. The van der Waals surface area contributed by atoms with Crippen LogP contribution in [0.4, 0.5) is 15.8 Å². The molecule has 0 radical (unpaired) electrons. The van der Waals surface area contributed by atoms with Crippen molar-refractivity contribution in [2.24, 2.45) is 0 Å². The van der Waals surface area contributed by atoms with Crippen molar-refractivity contribution in [1.29, 1.82) is 5.26 Å². The number of benzene rings is 1. The zero-order valence-corrected chi connectivity index (χ0v) is 9.77. The molecule has 1 aliphatic rings. The Morgan fingerprint density at radius 3 is 2.94 bits per heavy atom. The van der Waals surface area contributed by atoms with Crippen molar-refractivity contribution in [3.05, 3.63) is 46.1 Å². The molecule has 2 heterocycles. The van der Waals surface area contributed by atoms with Crippen LogP contribution >= 0.6 is 11.8 Å². The van der Waals surface area contributed by atoms with Crippen molar-refractivity contribution >= 4 is 23.1 Å². The van der Waals surface area contributed by atoms with Crippen LogP contribution in [0.5, 0.6) is 0 Å². The maximum absolute atomic E-state index is 13.2. The van der Waals surface area contributed by atoms with Crippen LogP contribution in [0.25, 0.3) is 0 Å². The maximum Gasteiger partial charge on any atom is 0.268 e. The number of H-pyrrole nitrogens is 1. The van der Waals surface area contributed by atoms with Gasteiger partial charge in [0, 0.05) is 11.1 Å². The Morgan fingerprint density at radius 1 is 1.33 bits per heavy atom. The second kappa shape index (κ2) is 3.89. The number of halogens is 1. The highest BCUT2D eigenvalue weighted by molar-refractivity contribution is 7.99. The van der Waals surface area contributed by atoms with Gasteiger partial charge in [-0.15, -0.1) is 0 Å². The van der Waals surface area contributed by atoms with Gasteiger partial charge in [-0.3, -0.25) is 4.79 Å². The van der Waals surface area contributed by atoms with E-state index in [0.717, 1.165) is 9.79 Å². The fourth-order valence-corrected chi connectivity index (χ4v) is 2.73. The number of anilines is 2. The van der Waals surface area contributed by atoms with Gasteiger partial charge in [0.05, 0.1) is 16.3 Å². The number of aromatic nitrogens is 1. The van der Waals surface area contributed by atoms with Crippen LogP contribution in [-0.2, 0) is 0 Å². The fraction of sp³-hybridized carbons (Fsp3) is 0. The van der Waals surface area contributed by atoms with Crippen molar-refractivity contribution in [3.8, 4) is 6.07 Å². The molecule has 0 saturated heterocycles. The Bertz CT molecular complexity index is 748. The summed E-state index contributed by atoms with van der Waals surface area (Å²) in [7, 11) is 0. The van der Waals surface area contributed by atoms with Crippen LogP contribution in [0.15, 0.2) is 39.0 Å². The van der Waals surface area contributed by atoms with Gasteiger partial charge in [-0.25, -0.2) is 4.39 Å². The minimum absolute atomic E-state index is 0.00918. The molecule has 2 aromatic rings. The van der Waals surface area contributed by atoms with E-state index < -0.39 is 5.56 Å². The van der Waals surface area contributed by atoms with E-state index in [9.17, 15) is 9.18 Å². The molecule has 1 aromatic carbocycles. The van der Waals surface area contributed by atoms with Gasteiger partial charge in [-0.1, -0.05) is 11.8 Å². The van der Waals surface area contributed by atoms with Gasteiger partial charge in [0.25, 0.3) is 5.56 Å². The van der Waals surface area contributed by atoms with Crippen LogP contribution in [0.3, 0.4) is 0 Å². The highest BCUT2D eigenvalue weighted by Crippen LogP contribution is 2.44. The van der Waals surface area contributed by atoms with E-state index in [2.05, 4.69) is 10.3 Å².